The Hall–Kier alpha value is -3.54. The molecule has 0 bridgehead atoms. The highest BCUT2D eigenvalue weighted by Crippen LogP contribution is 2.33. The number of nitrogens with one attached hydrogen (secondary N) is 1. The SMILES string of the molecule is Cc1ccc(S(=O)(=O)N2C=CNC(=O)[C@H]2Cc2cn([C@@H]3CCCc4cc(CN5CCN(C)CC5)ccc43)nn2)cc1. The van der Waals surface area contributed by atoms with E-state index in [1.807, 2.05) is 17.8 Å². The molecule has 2 aromatic carbocycles. The summed E-state index contributed by atoms with van der Waals surface area (Å²) in [4.78, 5) is 17.9. The first-order valence-corrected chi connectivity index (χ1v) is 15.7. The molecule has 1 fully saturated rings. The van der Waals surface area contributed by atoms with E-state index in [1.165, 1.54) is 29.1 Å². The zero-order valence-electron chi connectivity index (χ0n) is 23.6. The van der Waals surface area contributed by atoms with Crippen molar-refractivity contribution in [3.63, 3.8) is 0 Å². The van der Waals surface area contributed by atoms with Crippen LogP contribution in [0.3, 0.4) is 0 Å². The van der Waals surface area contributed by atoms with E-state index in [-0.39, 0.29) is 17.4 Å². The fourth-order valence-electron chi connectivity index (χ4n) is 6.01. The van der Waals surface area contributed by atoms with Gasteiger partial charge in [0, 0.05) is 57.7 Å². The van der Waals surface area contributed by atoms with Gasteiger partial charge in [0.15, 0.2) is 0 Å². The Morgan fingerprint density at radius 1 is 1.05 bits per heavy atom. The van der Waals surface area contributed by atoms with Gasteiger partial charge in [-0.3, -0.25) is 14.0 Å². The van der Waals surface area contributed by atoms with E-state index in [4.69, 9.17) is 0 Å². The van der Waals surface area contributed by atoms with Crippen LogP contribution in [0.2, 0.25) is 0 Å². The zero-order valence-corrected chi connectivity index (χ0v) is 24.4. The van der Waals surface area contributed by atoms with E-state index >= 15 is 0 Å². The first-order chi connectivity index (χ1) is 19.8. The zero-order chi connectivity index (χ0) is 28.6. The number of nitrogens with zero attached hydrogens (tertiary/aromatic N) is 6. The van der Waals surface area contributed by atoms with E-state index in [1.54, 1.807) is 24.3 Å². The number of hydrogen-bond donors (Lipinski definition) is 1. The van der Waals surface area contributed by atoms with Gasteiger partial charge in [-0.15, -0.1) is 5.10 Å². The van der Waals surface area contributed by atoms with Crippen molar-refractivity contribution in [3.05, 3.63) is 89.0 Å². The third kappa shape index (κ3) is 5.79. The van der Waals surface area contributed by atoms with E-state index in [9.17, 15) is 13.2 Å². The van der Waals surface area contributed by atoms with Crippen LogP contribution in [-0.4, -0.2) is 82.7 Å². The molecule has 1 N–H and O–H groups in total. The Balaban J connectivity index is 1.19. The van der Waals surface area contributed by atoms with Crippen molar-refractivity contribution in [1.29, 1.82) is 0 Å². The summed E-state index contributed by atoms with van der Waals surface area (Å²) in [6, 6.07) is 12.5. The van der Waals surface area contributed by atoms with Crippen LogP contribution in [0.25, 0.3) is 0 Å². The molecule has 11 heteroatoms. The van der Waals surface area contributed by atoms with Gasteiger partial charge in [-0.25, -0.2) is 13.1 Å². The summed E-state index contributed by atoms with van der Waals surface area (Å²) in [6.45, 7) is 7.27. The Bertz CT molecular complexity index is 1540. The van der Waals surface area contributed by atoms with E-state index < -0.39 is 22.0 Å². The van der Waals surface area contributed by atoms with E-state index in [0.29, 0.717) is 5.69 Å². The lowest BCUT2D eigenvalue weighted by Crippen LogP contribution is -2.50. The topological polar surface area (TPSA) is 104 Å². The number of carbonyl (C=O) groups is 1. The normalized spacial score (nSPS) is 22.0. The fraction of sp³-hybridized carbons (Fsp3) is 0.433. The smallest absolute Gasteiger partial charge is 0.264 e. The van der Waals surface area contributed by atoms with Crippen LogP contribution in [0.5, 0.6) is 0 Å². The Morgan fingerprint density at radius 3 is 2.61 bits per heavy atom. The molecule has 1 aromatic heterocycles. The second-order valence-electron chi connectivity index (χ2n) is 11.4. The number of carbonyl (C=O) groups excluding carboxylic acids is 1. The molecule has 3 aromatic rings. The van der Waals surface area contributed by atoms with Crippen LogP contribution < -0.4 is 5.32 Å². The highest BCUT2D eigenvalue weighted by Gasteiger charge is 2.36. The summed E-state index contributed by atoms with van der Waals surface area (Å²) >= 11 is 0. The monoisotopic (exact) mass is 575 g/mol. The Morgan fingerprint density at radius 2 is 1.83 bits per heavy atom. The molecule has 3 aliphatic rings. The van der Waals surface area contributed by atoms with Crippen molar-refractivity contribution < 1.29 is 13.2 Å². The molecule has 0 spiro atoms. The molecule has 10 nitrogen and oxygen atoms in total. The quantitative estimate of drug-likeness (QED) is 0.462. The number of rotatable bonds is 7. The standard InChI is InChI=1S/C30H37N7O3S/c1-22-6-9-26(10-7-22)41(39,40)37-13-12-31-30(38)29(37)19-25-21-36(33-32-25)28-5-3-4-24-18-23(8-11-27(24)28)20-35-16-14-34(2)15-17-35/h6-13,18,21,28-29H,3-5,14-17,19-20H2,1-2H3,(H,31,38)/t28-,29-/m1/s1. The molecule has 41 heavy (non-hydrogen) atoms. The summed E-state index contributed by atoms with van der Waals surface area (Å²) < 4.78 is 29.9. The molecule has 216 valence electrons. The van der Waals surface area contributed by atoms with Gasteiger partial charge in [-0.2, -0.15) is 0 Å². The number of fused-ring (bicyclic) bond motifs is 1. The molecule has 0 saturated carbocycles. The minimum Gasteiger partial charge on any atom is -0.329 e. The number of hydrogen-bond acceptors (Lipinski definition) is 7. The molecule has 6 rings (SSSR count). The summed E-state index contributed by atoms with van der Waals surface area (Å²) in [6.07, 6.45) is 7.80. The fourth-order valence-corrected chi connectivity index (χ4v) is 7.46. The molecule has 0 unspecified atom stereocenters. The van der Waals surface area contributed by atoms with Gasteiger partial charge in [0.05, 0.1) is 16.6 Å². The van der Waals surface area contributed by atoms with Gasteiger partial charge < -0.3 is 10.2 Å². The van der Waals surface area contributed by atoms with Crippen molar-refractivity contribution in [1.82, 2.24) is 34.4 Å². The summed E-state index contributed by atoms with van der Waals surface area (Å²) in [5, 5.41) is 11.5. The number of benzene rings is 2. The molecule has 1 aliphatic carbocycles. The minimum atomic E-state index is -3.93. The summed E-state index contributed by atoms with van der Waals surface area (Å²) in [5.41, 5.74) is 5.50. The molecule has 2 atom stereocenters. The largest absolute Gasteiger partial charge is 0.329 e. The minimum absolute atomic E-state index is 0.0603. The van der Waals surface area contributed by atoms with Gasteiger partial charge in [-0.1, -0.05) is 41.1 Å². The lowest BCUT2D eigenvalue weighted by Gasteiger charge is -2.33. The van der Waals surface area contributed by atoms with Gasteiger partial charge in [-0.05, 0) is 62.1 Å². The summed E-state index contributed by atoms with van der Waals surface area (Å²) in [7, 11) is -1.75. The van der Waals surface area contributed by atoms with Gasteiger partial charge >= 0.3 is 0 Å². The molecule has 3 heterocycles. The van der Waals surface area contributed by atoms with Crippen molar-refractivity contribution in [2.24, 2.45) is 0 Å². The van der Waals surface area contributed by atoms with Gasteiger partial charge in [0.25, 0.3) is 10.0 Å². The second kappa shape index (κ2) is 11.4. The number of aromatic nitrogens is 3. The van der Waals surface area contributed by atoms with Crippen molar-refractivity contribution in [3.8, 4) is 0 Å². The molecular weight excluding hydrogens is 538 g/mol. The maximum Gasteiger partial charge on any atom is 0.264 e. The van der Waals surface area contributed by atoms with Crippen LogP contribution in [0.15, 0.2) is 66.0 Å². The molecule has 2 aliphatic heterocycles. The number of amides is 1. The lowest BCUT2D eigenvalue weighted by atomic mass is 9.86. The highest BCUT2D eigenvalue weighted by molar-refractivity contribution is 7.89. The first-order valence-electron chi connectivity index (χ1n) is 14.3. The number of piperazine rings is 1. The van der Waals surface area contributed by atoms with Crippen LogP contribution in [0.4, 0.5) is 0 Å². The number of likely N-dealkylation sites (N-methyl/N-ethyl adjacent to an activating group) is 1. The Labute approximate surface area is 241 Å². The maximum atomic E-state index is 13.5. The summed E-state index contributed by atoms with van der Waals surface area (Å²) in [5.74, 6) is -0.395. The average Bonchev–Trinajstić information content (AvgIpc) is 3.43. The van der Waals surface area contributed by atoms with Crippen LogP contribution >= 0.6 is 0 Å². The van der Waals surface area contributed by atoms with Gasteiger partial charge in [0.2, 0.25) is 5.91 Å². The second-order valence-corrected chi connectivity index (χ2v) is 13.2. The molecule has 0 radical (unpaired) electrons. The van der Waals surface area contributed by atoms with Crippen LogP contribution in [-0.2, 0) is 34.2 Å². The number of sulfonamides is 1. The lowest BCUT2D eigenvalue weighted by molar-refractivity contribution is -0.124. The Kier molecular flexibility index (Phi) is 7.67. The third-order valence-corrected chi connectivity index (χ3v) is 10.2. The predicted octanol–water partition coefficient (Wildman–Crippen LogP) is 2.46. The van der Waals surface area contributed by atoms with Crippen molar-refractivity contribution in [2.75, 3.05) is 33.2 Å². The first kappa shape index (κ1) is 27.6. The molecular formula is C30H37N7O3S. The molecule has 1 saturated heterocycles. The predicted molar refractivity (Wildman–Crippen MR) is 155 cm³/mol. The maximum absolute atomic E-state index is 13.5. The highest BCUT2D eigenvalue weighted by atomic mass is 32.2. The van der Waals surface area contributed by atoms with Crippen LogP contribution in [0.1, 0.15) is 46.8 Å². The van der Waals surface area contributed by atoms with Gasteiger partial charge in [0.1, 0.15) is 6.04 Å². The molecule has 1 amide bonds. The van der Waals surface area contributed by atoms with E-state index in [2.05, 4.69) is 50.7 Å². The van der Waals surface area contributed by atoms with Crippen LogP contribution in [0, 0.1) is 6.92 Å². The third-order valence-electron chi connectivity index (χ3n) is 8.42. The van der Waals surface area contributed by atoms with Crippen molar-refractivity contribution in [2.45, 2.75) is 56.1 Å². The number of aryl methyl sites for hydroxylation is 2. The average molecular weight is 576 g/mol. The van der Waals surface area contributed by atoms with Crippen molar-refractivity contribution >= 4 is 15.9 Å². The van der Waals surface area contributed by atoms with E-state index in [0.717, 1.165) is 61.9 Å².